The number of aromatic hydroxyl groups is 1. The van der Waals surface area contributed by atoms with Gasteiger partial charge in [0.25, 0.3) is 5.91 Å². The number of phenols is 1. The van der Waals surface area contributed by atoms with Crippen molar-refractivity contribution in [3.05, 3.63) is 29.3 Å². The number of amides is 1. The Labute approximate surface area is 109 Å². The number of unbranched alkanes of at least 4 members (excludes halogenated alkanes) is 1. The number of halogens is 3. The minimum atomic E-state index is -4.15. The number of rotatable bonds is 5. The summed E-state index contributed by atoms with van der Waals surface area (Å²) in [6, 6.07) is 4.62. The number of hydrogen-bond donors (Lipinski definition) is 2. The predicted octanol–water partition coefficient (Wildman–Crippen LogP) is 3.16. The van der Waals surface area contributed by atoms with Crippen LogP contribution in [0.1, 0.15) is 35.2 Å². The zero-order chi connectivity index (χ0) is 14.5. The van der Waals surface area contributed by atoms with E-state index < -0.39 is 18.5 Å². The van der Waals surface area contributed by atoms with Gasteiger partial charge in [-0.15, -0.1) is 0 Å². The molecule has 0 radical (unpaired) electrons. The third-order valence-electron chi connectivity index (χ3n) is 2.57. The predicted molar refractivity (Wildman–Crippen MR) is 65.1 cm³/mol. The summed E-state index contributed by atoms with van der Waals surface area (Å²) in [4.78, 5) is 11.6. The van der Waals surface area contributed by atoms with Crippen LogP contribution in [0.3, 0.4) is 0 Å². The fourth-order valence-corrected chi connectivity index (χ4v) is 1.58. The Morgan fingerprint density at radius 3 is 2.58 bits per heavy atom. The molecule has 0 aliphatic rings. The van der Waals surface area contributed by atoms with E-state index in [0.717, 1.165) is 5.56 Å². The van der Waals surface area contributed by atoms with Crippen molar-refractivity contribution in [2.24, 2.45) is 0 Å². The molecule has 6 heteroatoms. The highest BCUT2D eigenvalue weighted by Crippen LogP contribution is 2.22. The smallest absolute Gasteiger partial charge is 0.389 e. The SMILES string of the molecule is Cc1ccc(C(=O)NCCCCC(F)(F)F)c(O)c1. The van der Waals surface area contributed by atoms with Gasteiger partial charge in [-0.05, 0) is 37.5 Å². The topological polar surface area (TPSA) is 49.3 Å². The van der Waals surface area contributed by atoms with Gasteiger partial charge in [-0.25, -0.2) is 0 Å². The summed E-state index contributed by atoms with van der Waals surface area (Å²) in [5.74, 6) is -0.614. The molecule has 1 aromatic rings. The first kappa shape index (κ1) is 15.3. The van der Waals surface area contributed by atoms with Crippen molar-refractivity contribution in [2.45, 2.75) is 32.4 Å². The highest BCUT2D eigenvalue weighted by Gasteiger charge is 2.25. The first-order valence-corrected chi connectivity index (χ1v) is 5.94. The van der Waals surface area contributed by atoms with E-state index in [0.29, 0.717) is 0 Å². The Morgan fingerprint density at radius 1 is 1.32 bits per heavy atom. The molecule has 0 aliphatic carbocycles. The fourth-order valence-electron chi connectivity index (χ4n) is 1.58. The van der Waals surface area contributed by atoms with Crippen LogP contribution in [-0.2, 0) is 0 Å². The van der Waals surface area contributed by atoms with Crippen molar-refractivity contribution >= 4 is 5.91 Å². The lowest BCUT2D eigenvalue weighted by Crippen LogP contribution is -2.24. The van der Waals surface area contributed by atoms with Gasteiger partial charge in [0.1, 0.15) is 5.75 Å². The molecule has 0 unspecified atom stereocenters. The first-order valence-electron chi connectivity index (χ1n) is 5.94. The molecule has 0 spiro atoms. The van der Waals surface area contributed by atoms with Gasteiger partial charge < -0.3 is 10.4 Å². The minimum Gasteiger partial charge on any atom is -0.507 e. The van der Waals surface area contributed by atoms with Crippen LogP contribution in [0.4, 0.5) is 13.2 Å². The Balaban J connectivity index is 2.36. The molecule has 0 heterocycles. The zero-order valence-corrected chi connectivity index (χ0v) is 10.5. The van der Waals surface area contributed by atoms with Crippen molar-refractivity contribution in [1.29, 1.82) is 0 Å². The molecule has 1 amide bonds. The molecule has 0 aromatic heterocycles. The van der Waals surface area contributed by atoms with Crippen LogP contribution in [-0.4, -0.2) is 23.7 Å². The van der Waals surface area contributed by atoms with Gasteiger partial charge in [-0.3, -0.25) is 4.79 Å². The van der Waals surface area contributed by atoms with Crippen LogP contribution in [0.2, 0.25) is 0 Å². The molecule has 2 N–H and O–H groups in total. The van der Waals surface area contributed by atoms with Gasteiger partial charge in [-0.1, -0.05) is 6.07 Å². The Hall–Kier alpha value is -1.72. The van der Waals surface area contributed by atoms with Crippen LogP contribution >= 0.6 is 0 Å². The van der Waals surface area contributed by atoms with Gasteiger partial charge in [0.05, 0.1) is 5.56 Å². The van der Waals surface area contributed by atoms with Crippen LogP contribution in [0.25, 0.3) is 0 Å². The number of aryl methyl sites for hydroxylation is 1. The monoisotopic (exact) mass is 275 g/mol. The third kappa shape index (κ3) is 5.63. The van der Waals surface area contributed by atoms with Crippen molar-refractivity contribution in [1.82, 2.24) is 5.32 Å². The van der Waals surface area contributed by atoms with Gasteiger partial charge in [0.2, 0.25) is 0 Å². The number of benzene rings is 1. The average molecular weight is 275 g/mol. The summed E-state index contributed by atoms with van der Waals surface area (Å²) in [6.45, 7) is 1.93. The summed E-state index contributed by atoms with van der Waals surface area (Å²) < 4.78 is 35.6. The van der Waals surface area contributed by atoms with Crippen molar-refractivity contribution in [2.75, 3.05) is 6.54 Å². The molecule has 0 bridgehead atoms. The Morgan fingerprint density at radius 2 is 2.00 bits per heavy atom. The highest BCUT2D eigenvalue weighted by molar-refractivity contribution is 5.96. The zero-order valence-electron chi connectivity index (χ0n) is 10.5. The number of hydrogen-bond acceptors (Lipinski definition) is 2. The molecule has 0 saturated carbocycles. The molecular formula is C13H16F3NO2. The second kappa shape index (κ2) is 6.45. The van der Waals surface area contributed by atoms with Crippen LogP contribution in [0.5, 0.6) is 5.75 Å². The third-order valence-corrected chi connectivity index (χ3v) is 2.57. The van der Waals surface area contributed by atoms with E-state index >= 15 is 0 Å². The molecule has 106 valence electrons. The van der Waals surface area contributed by atoms with Crippen molar-refractivity contribution < 1.29 is 23.1 Å². The quantitative estimate of drug-likeness (QED) is 0.811. The van der Waals surface area contributed by atoms with Crippen molar-refractivity contribution in [3.63, 3.8) is 0 Å². The Bertz CT molecular complexity index is 444. The normalized spacial score (nSPS) is 11.4. The van der Waals surface area contributed by atoms with Gasteiger partial charge in [-0.2, -0.15) is 13.2 Å². The fraction of sp³-hybridized carbons (Fsp3) is 0.462. The number of alkyl halides is 3. The lowest BCUT2D eigenvalue weighted by atomic mass is 10.1. The number of phenolic OH excluding ortho intramolecular Hbond substituents is 1. The molecule has 1 aromatic carbocycles. The molecule has 0 atom stereocenters. The second-order valence-electron chi connectivity index (χ2n) is 4.35. The maximum Gasteiger partial charge on any atom is 0.389 e. The summed E-state index contributed by atoms with van der Waals surface area (Å²) >= 11 is 0. The average Bonchev–Trinajstić information content (AvgIpc) is 2.26. The molecule has 1 rings (SSSR count). The standard InChI is InChI=1S/C13H16F3NO2/c1-9-4-5-10(11(18)8-9)12(19)17-7-3-2-6-13(14,15)16/h4-5,8,18H,2-3,6-7H2,1H3,(H,17,19). The minimum absolute atomic E-state index is 0.0241. The highest BCUT2D eigenvalue weighted by atomic mass is 19.4. The van der Waals surface area contributed by atoms with E-state index in [9.17, 15) is 23.1 Å². The van der Waals surface area contributed by atoms with E-state index in [4.69, 9.17) is 0 Å². The lowest BCUT2D eigenvalue weighted by Gasteiger charge is -2.08. The van der Waals surface area contributed by atoms with E-state index in [2.05, 4.69) is 5.32 Å². The second-order valence-corrected chi connectivity index (χ2v) is 4.35. The molecule has 0 aliphatic heterocycles. The molecule has 0 fully saturated rings. The first-order chi connectivity index (χ1) is 8.79. The van der Waals surface area contributed by atoms with E-state index in [1.807, 2.05) is 0 Å². The largest absolute Gasteiger partial charge is 0.507 e. The summed E-state index contributed by atoms with van der Waals surface area (Å²) in [6.07, 6.45) is -4.78. The number of nitrogens with one attached hydrogen (secondary N) is 1. The summed E-state index contributed by atoms with van der Waals surface area (Å²) in [5, 5.41) is 12.0. The number of carbonyl (C=O) groups is 1. The van der Waals surface area contributed by atoms with E-state index in [1.54, 1.807) is 13.0 Å². The van der Waals surface area contributed by atoms with Gasteiger partial charge >= 0.3 is 6.18 Å². The van der Waals surface area contributed by atoms with Crippen molar-refractivity contribution in [3.8, 4) is 5.75 Å². The van der Waals surface area contributed by atoms with E-state index in [1.165, 1.54) is 12.1 Å². The molecule has 19 heavy (non-hydrogen) atoms. The molecular weight excluding hydrogens is 259 g/mol. The van der Waals surface area contributed by atoms with Crippen LogP contribution in [0.15, 0.2) is 18.2 Å². The maximum absolute atomic E-state index is 11.9. The molecule has 0 saturated heterocycles. The van der Waals surface area contributed by atoms with E-state index in [-0.39, 0.29) is 30.7 Å². The summed E-state index contributed by atoms with van der Waals surface area (Å²) in [7, 11) is 0. The Kier molecular flexibility index (Phi) is 5.20. The lowest BCUT2D eigenvalue weighted by molar-refractivity contribution is -0.135. The van der Waals surface area contributed by atoms with Crippen LogP contribution < -0.4 is 5.32 Å². The maximum atomic E-state index is 11.9. The van der Waals surface area contributed by atoms with Gasteiger partial charge in [0.15, 0.2) is 0 Å². The van der Waals surface area contributed by atoms with Gasteiger partial charge in [0, 0.05) is 13.0 Å². The summed E-state index contributed by atoms with van der Waals surface area (Å²) in [5.41, 5.74) is 0.945. The number of carbonyl (C=O) groups excluding carboxylic acids is 1. The molecule has 3 nitrogen and oxygen atoms in total. The van der Waals surface area contributed by atoms with Crippen LogP contribution in [0, 0.1) is 6.92 Å².